The minimum absolute atomic E-state index is 0.134. The molecule has 0 saturated carbocycles. The van der Waals surface area contributed by atoms with Crippen LogP contribution in [0.25, 0.3) is 16.6 Å². The summed E-state index contributed by atoms with van der Waals surface area (Å²) in [5, 5.41) is 3.22. The first kappa shape index (κ1) is 30.7. The molecule has 5 aromatic rings. The van der Waals surface area contributed by atoms with E-state index in [1.54, 1.807) is 42.6 Å². The molecule has 0 amide bonds. The lowest BCUT2D eigenvalue weighted by atomic mass is 9.99. The van der Waals surface area contributed by atoms with Gasteiger partial charge in [-0.25, -0.2) is 27.2 Å². The summed E-state index contributed by atoms with van der Waals surface area (Å²) in [4.78, 5) is 31.3. The van der Waals surface area contributed by atoms with Crippen LogP contribution in [0.3, 0.4) is 0 Å². The molecule has 4 N–H and O–H groups in total. The number of hydrogen-bond donors (Lipinski definition) is 3. The molecule has 0 saturated heterocycles. The van der Waals surface area contributed by atoms with Gasteiger partial charge >= 0.3 is 0 Å². The van der Waals surface area contributed by atoms with Crippen LogP contribution in [-0.4, -0.2) is 41.3 Å². The number of sulfonamides is 1. The van der Waals surface area contributed by atoms with Gasteiger partial charge in [-0.3, -0.25) is 29.8 Å². The summed E-state index contributed by atoms with van der Waals surface area (Å²) in [6.07, 6.45) is 3.70. The summed E-state index contributed by atoms with van der Waals surface area (Å²) >= 11 is 0. The molecule has 1 aliphatic rings. The molecule has 0 fully saturated rings. The number of nitrogens with one attached hydrogen (secondary N) is 2. The average Bonchev–Trinajstić information content (AvgIpc) is 3.05. The number of aliphatic imine (C=N–C) groups is 2. The lowest BCUT2D eigenvalue weighted by molar-refractivity contribution is 0.554. The van der Waals surface area contributed by atoms with Crippen molar-refractivity contribution < 1.29 is 17.2 Å². The number of para-hydroxylation sites is 1. The second kappa shape index (κ2) is 12.6. The summed E-state index contributed by atoms with van der Waals surface area (Å²) in [7, 11) is -4.09. The van der Waals surface area contributed by atoms with Crippen LogP contribution in [-0.2, 0) is 10.0 Å². The predicted molar refractivity (Wildman–Crippen MR) is 172 cm³/mol. The lowest BCUT2D eigenvalue weighted by Crippen LogP contribution is -2.40. The van der Waals surface area contributed by atoms with E-state index in [0.717, 1.165) is 12.1 Å². The van der Waals surface area contributed by atoms with Gasteiger partial charge in [-0.2, -0.15) is 0 Å². The fourth-order valence-electron chi connectivity index (χ4n) is 5.15. The van der Waals surface area contributed by atoms with Gasteiger partial charge in [0.2, 0.25) is 0 Å². The van der Waals surface area contributed by atoms with Crippen LogP contribution in [0.5, 0.6) is 0 Å². The van der Waals surface area contributed by atoms with Gasteiger partial charge in [0.05, 0.1) is 23.2 Å². The maximum Gasteiger partial charge on any atom is 0.269 e. The molecule has 3 heterocycles. The van der Waals surface area contributed by atoms with Crippen molar-refractivity contribution in [3.05, 3.63) is 125 Å². The van der Waals surface area contributed by atoms with Crippen LogP contribution in [0.2, 0.25) is 0 Å². The molecule has 3 unspecified atom stereocenters. The Morgan fingerprint density at radius 3 is 2.50 bits per heavy atom. The van der Waals surface area contributed by atoms with E-state index < -0.39 is 45.5 Å². The van der Waals surface area contributed by atoms with Crippen LogP contribution in [0.4, 0.5) is 14.5 Å². The number of nitrogens with two attached hydrogens (primary N) is 1. The Labute approximate surface area is 262 Å². The quantitative estimate of drug-likeness (QED) is 0.226. The summed E-state index contributed by atoms with van der Waals surface area (Å²) in [6, 6.07) is 18.8. The van der Waals surface area contributed by atoms with Crippen LogP contribution < -0.4 is 21.3 Å². The number of anilines is 1. The molecule has 2 aromatic heterocycles. The number of fused-ring (bicyclic) bond motifs is 1. The van der Waals surface area contributed by atoms with Crippen molar-refractivity contribution in [3.8, 4) is 5.69 Å². The Bertz CT molecular complexity index is 2140. The van der Waals surface area contributed by atoms with Crippen LogP contribution in [0.15, 0.2) is 111 Å². The number of rotatable bonds is 8. The van der Waals surface area contributed by atoms with E-state index >= 15 is 0 Å². The summed E-state index contributed by atoms with van der Waals surface area (Å²) in [5.41, 5.74) is 6.81. The van der Waals surface area contributed by atoms with Gasteiger partial charge < -0.3 is 5.32 Å². The van der Waals surface area contributed by atoms with E-state index in [1.165, 1.54) is 47.3 Å². The number of amidine groups is 1. The molecule has 1 aliphatic heterocycles. The van der Waals surface area contributed by atoms with Crippen molar-refractivity contribution in [2.75, 3.05) is 4.72 Å². The smallest absolute Gasteiger partial charge is 0.269 e. The third kappa shape index (κ3) is 6.12. The summed E-state index contributed by atoms with van der Waals surface area (Å²) in [5.74, 6) is -1.23. The first-order valence-electron chi connectivity index (χ1n) is 14.3. The first-order chi connectivity index (χ1) is 22.1. The van der Waals surface area contributed by atoms with Crippen molar-refractivity contribution in [2.45, 2.75) is 36.5 Å². The van der Waals surface area contributed by atoms with Gasteiger partial charge in [0, 0.05) is 24.3 Å². The Hall–Kier alpha value is -5.34. The standard InChI is InChI=1S/C32H28F2N8O3S/c1-2-26(30-39-27-10-6-9-25(34)28(27)31(43)42(30)22-7-4-3-5-8-22)38-29-24(18-37-32(35)40-29)19-15-23(17-36-16-19)46(44,45)41-21-13-11-20(33)12-14-21/h3-18,24,26,32,41H,2,35H2,1H3,(H,38,40). The number of benzene rings is 3. The van der Waals surface area contributed by atoms with Crippen molar-refractivity contribution >= 4 is 38.7 Å². The van der Waals surface area contributed by atoms with Crippen LogP contribution >= 0.6 is 0 Å². The van der Waals surface area contributed by atoms with Gasteiger partial charge in [0.15, 0.2) is 6.29 Å². The van der Waals surface area contributed by atoms with E-state index in [9.17, 15) is 22.0 Å². The third-order valence-electron chi connectivity index (χ3n) is 7.38. The second-order valence-corrected chi connectivity index (χ2v) is 12.1. The van der Waals surface area contributed by atoms with Crippen LogP contribution in [0, 0.1) is 11.6 Å². The van der Waals surface area contributed by atoms with E-state index in [4.69, 9.17) is 10.7 Å². The SMILES string of the molecule is CCC(NC1=NC(N)N=CC1c1cncc(S(=O)(=O)Nc2ccc(F)cc2)c1)c1nc2cccc(F)c2c(=O)n1-c1ccccc1. The Morgan fingerprint density at radius 2 is 1.76 bits per heavy atom. The molecule has 3 aromatic carbocycles. The zero-order valence-electron chi connectivity index (χ0n) is 24.4. The number of aromatic nitrogens is 3. The van der Waals surface area contributed by atoms with E-state index in [2.05, 4.69) is 25.0 Å². The molecule has 3 atom stereocenters. The molecule has 0 spiro atoms. The molecule has 6 rings (SSSR count). The highest BCUT2D eigenvalue weighted by Crippen LogP contribution is 2.26. The minimum atomic E-state index is -4.09. The van der Waals surface area contributed by atoms with E-state index in [0.29, 0.717) is 29.3 Å². The predicted octanol–water partition coefficient (Wildman–Crippen LogP) is 4.41. The minimum Gasteiger partial charge on any atom is -0.363 e. The fourth-order valence-corrected chi connectivity index (χ4v) is 6.21. The summed E-state index contributed by atoms with van der Waals surface area (Å²) in [6.45, 7) is 1.89. The number of hydrogen-bond acceptors (Lipinski definition) is 9. The highest BCUT2D eigenvalue weighted by Gasteiger charge is 2.28. The van der Waals surface area contributed by atoms with Gasteiger partial charge in [0.1, 0.15) is 33.6 Å². The topological polar surface area (TPSA) is 157 Å². The maximum atomic E-state index is 14.9. The monoisotopic (exact) mass is 642 g/mol. The Morgan fingerprint density at radius 1 is 1.00 bits per heavy atom. The largest absolute Gasteiger partial charge is 0.363 e. The summed E-state index contributed by atoms with van der Waals surface area (Å²) < 4.78 is 58.4. The van der Waals surface area contributed by atoms with Crippen molar-refractivity contribution in [2.24, 2.45) is 15.7 Å². The zero-order chi connectivity index (χ0) is 32.4. The number of pyridine rings is 1. The van der Waals surface area contributed by atoms with Gasteiger partial charge in [0.25, 0.3) is 15.6 Å². The van der Waals surface area contributed by atoms with Gasteiger partial charge in [-0.05, 0) is 66.6 Å². The Kier molecular flexibility index (Phi) is 8.39. The molecule has 234 valence electrons. The van der Waals surface area contributed by atoms with Gasteiger partial charge in [-0.15, -0.1) is 0 Å². The average molecular weight is 643 g/mol. The Balaban J connectivity index is 1.38. The highest BCUT2D eigenvalue weighted by molar-refractivity contribution is 7.92. The van der Waals surface area contributed by atoms with Crippen molar-refractivity contribution in [1.82, 2.24) is 19.9 Å². The molecular weight excluding hydrogens is 614 g/mol. The molecule has 0 aliphatic carbocycles. The highest BCUT2D eigenvalue weighted by atomic mass is 32.2. The number of nitrogens with zero attached hydrogens (tertiary/aromatic N) is 5. The van der Waals surface area contributed by atoms with Gasteiger partial charge in [-0.1, -0.05) is 31.2 Å². The molecule has 14 heteroatoms. The molecule has 11 nitrogen and oxygen atoms in total. The van der Waals surface area contributed by atoms with Crippen LogP contribution in [0.1, 0.15) is 36.7 Å². The lowest BCUT2D eigenvalue weighted by Gasteiger charge is -2.28. The van der Waals surface area contributed by atoms with E-state index in [-0.39, 0.29) is 21.5 Å². The zero-order valence-corrected chi connectivity index (χ0v) is 25.2. The normalized spacial score (nSPS) is 17.0. The van der Waals surface area contributed by atoms with Crippen molar-refractivity contribution in [3.63, 3.8) is 0 Å². The molecule has 0 radical (unpaired) electrons. The molecular formula is C32H28F2N8O3S. The second-order valence-electron chi connectivity index (χ2n) is 10.5. The first-order valence-corrected chi connectivity index (χ1v) is 15.8. The number of halogens is 2. The molecule has 46 heavy (non-hydrogen) atoms. The van der Waals surface area contributed by atoms with Crippen molar-refractivity contribution in [1.29, 1.82) is 0 Å². The fraction of sp³-hybridized carbons (Fsp3) is 0.156. The maximum absolute atomic E-state index is 14.9. The molecule has 0 bridgehead atoms. The van der Waals surface area contributed by atoms with E-state index in [1.807, 2.05) is 6.92 Å². The third-order valence-corrected chi connectivity index (χ3v) is 8.73.